The SMILES string of the molecule is CCOC(=O)C1CCN(c2cc(C(F)(F)F)ccc2[C@H]2CCN(Cc3ccccc3)C2)CC1. The van der Waals surface area contributed by atoms with Crippen LogP contribution in [0.4, 0.5) is 18.9 Å². The first-order valence-electron chi connectivity index (χ1n) is 11.7. The average Bonchev–Trinajstić information content (AvgIpc) is 3.27. The maximum Gasteiger partial charge on any atom is 0.416 e. The first-order chi connectivity index (χ1) is 15.8. The van der Waals surface area contributed by atoms with Crippen LogP contribution in [0.3, 0.4) is 0 Å². The van der Waals surface area contributed by atoms with Crippen LogP contribution in [0.2, 0.25) is 0 Å². The van der Waals surface area contributed by atoms with Gasteiger partial charge in [0.2, 0.25) is 0 Å². The normalized spacial score (nSPS) is 20.2. The van der Waals surface area contributed by atoms with E-state index in [9.17, 15) is 18.0 Å². The van der Waals surface area contributed by atoms with Gasteiger partial charge in [0.05, 0.1) is 18.1 Å². The lowest BCUT2D eigenvalue weighted by Gasteiger charge is -2.35. The molecule has 0 saturated carbocycles. The summed E-state index contributed by atoms with van der Waals surface area (Å²) < 4.78 is 45.7. The van der Waals surface area contributed by atoms with Crippen molar-refractivity contribution in [2.24, 2.45) is 5.92 Å². The predicted octanol–water partition coefficient (Wildman–Crippen LogP) is 5.47. The molecule has 178 valence electrons. The summed E-state index contributed by atoms with van der Waals surface area (Å²) in [6.07, 6.45) is -2.27. The van der Waals surface area contributed by atoms with Gasteiger partial charge in [-0.25, -0.2) is 0 Å². The Kier molecular flexibility index (Phi) is 7.27. The summed E-state index contributed by atoms with van der Waals surface area (Å²) in [6.45, 7) is 5.83. The molecule has 2 aliphatic rings. The van der Waals surface area contributed by atoms with Crippen molar-refractivity contribution in [3.05, 3.63) is 65.2 Å². The second-order valence-electron chi connectivity index (χ2n) is 8.99. The minimum Gasteiger partial charge on any atom is -0.466 e. The van der Waals surface area contributed by atoms with Crippen LogP contribution in [0.25, 0.3) is 0 Å². The van der Waals surface area contributed by atoms with Gasteiger partial charge in [-0.1, -0.05) is 36.4 Å². The van der Waals surface area contributed by atoms with E-state index in [4.69, 9.17) is 4.74 Å². The van der Waals surface area contributed by atoms with Crippen LogP contribution < -0.4 is 4.90 Å². The first kappa shape index (κ1) is 23.6. The van der Waals surface area contributed by atoms with E-state index >= 15 is 0 Å². The van der Waals surface area contributed by atoms with Crippen LogP contribution in [0.1, 0.15) is 48.8 Å². The number of halogens is 3. The van der Waals surface area contributed by atoms with Gasteiger partial charge < -0.3 is 9.64 Å². The molecule has 2 saturated heterocycles. The highest BCUT2D eigenvalue weighted by Crippen LogP contribution is 2.40. The Balaban J connectivity index is 1.52. The van der Waals surface area contributed by atoms with Gasteiger partial charge in [-0.05, 0) is 61.9 Å². The fourth-order valence-electron chi connectivity index (χ4n) is 5.03. The minimum atomic E-state index is -4.38. The maximum absolute atomic E-state index is 13.5. The van der Waals surface area contributed by atoms with E-state index < -0.39 is 11.7 Å². The second-order valence-corrected chi connectivity index (χ2v) is 8.99. The lowest BCUT2D eigenvalue weighted by Crippen LogP contribution is -2.37. The summed E-state index contributed by atoms with van der Waals surface area (Å²) in [7, 11) is 0. The summed E-state index contributed by atoms with van der Waals surface area (Å²) in [5.41, 5.74) is 2.27. The number of nitrogens with zero attached hydrogens (tertiary/aromatic N) is 2. The molecule has 2 fully saturated rings. The van der Waals surface area contributed by atoms with Crippen molar-refractivity contribution < 1.29 is 22.7 Å². The molecule has 0 aromatic heterocycles. The molecular weight excluding hydrogens is 429 g/mol. The van der Waals surface area contributed by atoms with Crippen molar-refractivity contribution in [1.82, 2.24) is 4.90 Å². The number of alkyl halides is 3. The average molecular weight is 461 g/mol. The molecule has 0 amide bonds. The molecule has 0 aliphatic carbocycles. The van der Waals surface area contributed by atoms with Crippen molar-refractivity contribution in [2.75, 3.05) is 37.7 Å². The Morgan fingerprint density at radius 2 is 1.76 bits per heavy atom. The monoisotopic (exact) mass is 460 g/mol. The van der Waals surface area contributed by atoms with Crippen LogP contribution in [0, 0.1) is 5.92 Å². The molecule has 0 N–H and O–H groups in total. The zero-order chi connectivity index (χ0) is 23.4. The van der Waals surface area contributed by atoms with E-state index in [-0.39, 0.29) is 17.8 Å². The molecule has 7 heteroatoms. The third-order valence-corrected chi connectivity index (χ3v) is 6.77. The number of anilines is 1. The summed E-state index contributed by atoms with van der Waals surface area (Å²) in [5, 5.41) is 0. The van der Waals surface area contributed by atoms with E-state index in [1.54, 1.807) is 13.0 Å². The van der Waals surface area contributed by atoms with Crippen LogP contribution in [0.15, 0.2) is 48.5 Å². The lowest BCUT2D eigenvalue weighted by atomic mass is 9.91. The number of hydrogen-bond donors (Lipinski definition) is 0. The molecule has 2 aromatic rings. The quantitative estimate of drug-likeness (QED) is 0.535. The molecule has 2 aromatic carbocycles. The largest absolute Gasteiger partial charge is 0.466 e. The molecule has 1 atom stereocenters. The summed E-state index contributed by atoms with van der Waals surface area (Å²) in [5.74, 6) is -0.189. The topological polar surface area (TPSA) is 32.8 Å². The number of hydrogen-bond acceptors (Lipinski definition) is 4. The van der Waals surface area contributed by atoms with Crippen molar-refractivity contribution in [1.29, 1.82) is 0 Å². The Morgan fingerprint density at radius 1 is 1.03 bits per heavy atom. The fourth-order valence-corrected chi connectivity index (χ4v) is 5.03. The zero-order valence-electron chi connectivity index (χ0n) is 19.0. The van der Waals surface area contributed by atoms with Crippen LogP contribution >= 0.6 is 0 Å². The van der Waals surface area contributed by atoms with Crippen molar-refractivity contribution in [3.8, 4) is 0 Å². The number of esters is 1. The highest BCUT2D eigenvalue weighted by atomic mass is 19.4. The zero-order valence-corrected chi connectivity index (χ0v) is 19.0. The van der Waals surface area contributed by atoms with Gasteiger partial charge in [0, 0.05) is 31.9 Å². The first-order valence-corrected chi connectivity index (χ1v) is 11.7. The highest BCUT2D eigenvalue weighted by Gasteiger charge is 2.35. The van der Waals surface area contributed by atoms with Crippen molar-refractivity contribution in [3.63, 3.8) is 0 Å². The maximum atomic E-state index is 13.5. The molecule has 33 heavy (non-hydrogen) atoms. The second kappa shape index (κ2) is 10.2. The number of ether oxygens (including phenoxy) is 1. The van der Waals surface area contributed by atoms with Gasteiger partial charge in [-0.2, -0.15) is 13.2 Å². The van der Waals surface area contributed by atoms with E-state index in [0.717, 1.165) is 31.6 Å². The van der Waals surface area contributed by atoms with E-state index in [0.29, 0.717) is 38.2 Å². The van der Waals surface area contributed by atoms with E-state index in [1.165, 1.54) is 17.7 Å². The number of likely N-dealkylation sites (tertiary alicyclic amines) is 1. The Labute approximate surface area is 193 Å². The van der Waals surface area contributed by atoms with Crippen LogP contribution in [0.5, 0.6) is 0 Å². The van der Waals surface area contributed by atoms with Gasteiger partial charge in [0.15, 0.2) is 0 Å². The Morgan fingerprint density at radius 3 is 2.42 bits per heavy atom. The molecule has 2 aliphatic heterocycles. The number of rotatable bonds is 6. The van der Waals surface area contributed by atoms with Gasteiger partial charge >= 0.3 is 12.1 Å². The number of benzene rings is 2. The van der Waals surface area contributed by atoms with Gasteiger partial charge in [0.1, 0.15) is 0 Å². The minimum absolute atomic E-state index is 0.178. The Hall–Kier alpha value is -2.54. The van der Waals surface area contributed by atoms with Crippen LogP contribution in [-0.2, 0) is 22.3 Å². The molecule has 0 bridgehead atoms. The van der Waals surface area contributed by atoms with Gasteiger partial charge in [0.25, 0.3) is 0 Å². The van der Waals surface area contributed by atoms with E-state index in [2.05, 4.69) is 17.0 Å². The summed E-state index contributed by atoms with van der Waals surface area (Å²) in [4.78, 5) is 16.5. The number of carbonyl (C=O) groups excluding carboxylic acids is 1. The van der Waals surface area contributed by atoms with Crippen molar-refractivity contribution in [2.45, 2.75) is 44.8 Å². The summed E-state index contributed by atoms with van der Waals surface area (Å²) >= 11 is 0. The van der Waals surface area contributed by atoms with Gasteiger partial charge in [-0.3, -0.25) is 9.69 Å². The van der Waals surface area contributed by atoms with E-state index in [1.807, 2.05) is 23.1 Å². The fraction of sp³-hybridized carbons (Fsp3) is 0.500. The number of piperidine rings is 1. The third-order valence-electron chi connectivity index (χ3n) is 6.77. The molecule has 4 rings (SSSR count). The number of carbonyl (C=O) groups is 1. The summed E-state index contributed by atoms with van der Waals surface area (Å²) in [6, 6.07) is 14.4. The molecule has 0 spiro atoms. The molecule has 4 nitrogen and oxygen atoms in total. The predicted molar refractivity (Wildman–Crippen MR) is 122 cm³/mol. The highest BCUT2D eigenvalue weighted by molar-refractivity contribution is 5.73. The smallest absolute Gasteiger partial charge is 0.416 e. The van der Waals surface area contributed by atoms with Gasteiger partial charge in [-0.15, -0.1) is 0 Å². The Bertz CT molecular complexity index is 940. The third kappa shape index (κ3) is 5.69. The van der Waals surface area contributed by atoms with Crippen molar-refractivity contribution >= 4 is 11.7 Å². The molecule has 2 heterocycles. The van der Waals surface area contributed by atoms with Crippen LogP contribution in [-0.4, -0.2) is 43.7 Å². The molecular formula is C26H31F3N2O2. The molecule has 0 radical (unpaired) electrons. The standard InChI is InChI=1S/C26H31F3N2O2/c1-2-33-25(32)20-11-14-31(15-12-20)24-16-22(26(27,28)29)8-9-23(24)21-10-13-30(18-21)17-19-6-4-3-5-7-19/h3-9,16,20-21H,2,10-15,17-18H2,1H3/t21-/m0/s1. The lowest BCUT2D eigenvalue weighted by molar-refractivity contribution is -0.148. The molecule has 0 unspecified atom stereocenters.